The minimum absolute atomic E-state index is 0.0345. The molecule has 0 aliphatic rings. The molecule has 2 unspecified atom stereocenters. The molecule has 1 rings (SSSR count). The van der Waals surface area contributed by atoms with Crippen molar-refractivity contribution in [2.75, 3.05) is 12.9 Å². The first kappa shape index (κ1) is 14.9. The fourth-order valence-electron chi connectivity index (χ4n) is 1.36. The molecule has 0 saturated carbocycles. The number of aliphatic hydroxyl groups is 1. The zero-order chi connectivity index (χ0) is 13.7. The first-order valence-corrected chi connectivity index (χ1v) is 7.28. The highest BCUT2D eigenvalue weighted by Crippen LogP contribution is 2.24. The summed E-state index contributed by atoms with van der Waals surface area (Å²) in [4.78, 5) is 22.1. The lowest BCUT2D eigenvalue weighted by Gasteiger charge is -2.20. The molecule has 0 saturated heterocycles. The van der Waals surface area contributed by atoms with Crippen molar-refractivity contribution in [3.05, 3.63) is 27.1 Å². The van der Waals surface area contributed by atoms with Gasteiger partial charge in [-0.05, 0) is 19.2 Å². The van der Waals surface area contributed by atoms with Gasteiger partial charge < -0.3 is 10.4 Å². The summed E-state index contributed by atoms with van der Waals surface area (Å²) in [5, 5.41) is 22.2. The third-order valence-electron chi connectivity index (χ3n) is 2.39. The zero-order valence-corrected chi connectivity index (χ0v) is 11.6. The number of nitro groups is 1. The van der Waals surface area contributed by atoms with Gasteiger partial charge in [-0.25, -0.2) is 0 Å². The van der Waals surface area contributed by atoms with E-state index in [1.807, 2.05) is 6.26 Å². The number of carbonyl (C=O) groups is 1. The Morgan fingerprint density at radius 2 is 2.33 bits per heavy atom. The van der Waals surface area contributed by atoms with Crippen LogP contribution in [0.1, 0.15) is 16.6 Å². The van der Waals surface area contributed by atoms with Crippen molar-refractivity contribution < 1.29 is 14.8 Å². The molecule has 0 aliphatic carbocycles. The highest BCUT2D eigenvalue weighted by atomic mass is 32.2. The number of thiophene rings is 1. The van der Waals surface area contributed by atoms with Crippen LogP contribution in [0.2, 0.25) is 0 Å². The molecule has 0 fully saturated rings. The SMILES string of the molecule is CSC(CO)C(C)NC(=O)c1ccc([N+](=O)[O-])s1. The number of rotatable bonds is 6. The van der Waals surface area contributed by atoms with Gasteiger partial charge in [-0.1, -0.05) is 11.3 Å². The number of hydrogen-bond donors (Lipinski definition) is 2. The van der Waals surface area contributed by atoms with Crippen LogP contribution in [0.3, 0.4) is 0 Å². The van der Waals surface area contributed by atoms with Gasteiger partial charge in [0.25, 0.3) is 5.91 Å². The topological polar surface area (TPSA) is 92.5 Å². The van der Waals surface area contributed by atoms with Crippen LogP contribution in [-0.2, 0) is 0 Å². The average molecular weight is 290 g/mol. The zero-order valence-electron chi connectivity index (χ0n) is 9.95. The molecule has 0 aliphatic heterocycles. The van der Waals surface area contributed by atoms with Crippen molar-refractivity contribution in [3.8, 4) is 0 Å². The summed E-state index contributed by atoms with van der Waals surface area (Å²) >= 11 is 2.29. The highest BCUT2D eigenvalue weighted by molar-refractivity contribution is 7.99. The maximum atomic E-state index is 11.8. The Hall–Kier alpha value is -1.12. The Morgan fingerprint density at radius 1 is 1.67 bits per heavy atom. The lowest BCUT2D eigenvalue weighted by Crippen LogP contribution is -2.40. The molecular weight excluding hydrogens is 276 g/mol. The molecule has 0 radical (unpaired) electrons. The van der Waals surface area contributed by atoms with Crippen LogP contribution in [0, 0.1) is 10.1 Å². The number of amides is 1. The number of carbonyl (C=O) groups excluding carboxylic acids is 1. The largest absolute Gasteiger partial charge is 0.395 e. The minimum atomic E-state index is -0.525. The van der Waals surface area contributed by atoms with Crippen molar-refractivity contribution >= 4 is 34.0 Å². The normalized spacial score (nSPS) is 13.9. The molecule has 1 amide bonds. The molecule has 2 atom stereocenters. The van der Waals surface area contributed by atoms with Crippen LogP contribution in [0.25, 0.3) is 0 Å². The van der Waals surface area contributed by atoms with Gasteiger partial charge in [0.05, 0.1) is 16.4 Å². The van der Waals surface area contributed by atoms with Crippen LogP contribution in [0.15, 0.2) is 12.1 Å². The summed E-state index contributed by atoms with van der Waals surface area (Å²) in [6.07, 6.45) is 1.85. The van der Waals surface area contributed by atoms with Crippen LogP contribution < -0.4 is 5.32 Å². The predicted molar refractivity (Wildman–Crippen MR) is 72.3 cm³/mol. The van der Waals surface area contributed by atoms with Gasteiger partial charge >= 0.3 is 5.00 Å². The summed E-state index contributed by atoms with van der Waals surface area (Å²) in [6.45, 7) is 1.75. The second-order valence-electron chi connectivity index (χ2n) is 3.61. The number of thioether (sulfide) groups is 1. The van der Waals surface area contributed by atoms with E-state index in [-0.39, 0.29) is 28.8 Å². The number of hydrogen-bond acceptors (Lipinski definition) is 6. The van der Waals surface area contributed by atoms with E-state index in [0.717, 1.165) is 11.3 Å². The highest BCUT2D eigenvalue weighted by Gasteiger charge is 2.20. The molecule has 1 heterocycles. The summed E-state index contributed by atoms with van der Waals surface area (Å²) in [5.74, 6) is -0.354. The lowest BCUT2D eigenvalue weighted by molar-refractivity contribution is -0.380. The summed E-state index contributed by atoms with van der Waals surface area (Å²) < 4.78 is 0. The van der Waals surface area contributed by atoms with Crippen molar-refractivity contribution in [1.29, 1.82) is 0 Å². The Bertz CT molecular complexity index is 431. The fraction of sp³-hybridized carbons (Fsp3) is 0.500. The van der Waals surface area contributed by atoms with Crippen LogP contribution in [-0.4, -0.2) is 40.1 Å². The number of nitrogens with zero attached hydrogens (tertiary/aromatic N) is 1. The Morgan fingerprint density at radius 3 is 2.78 bits per heavy atom. The predicted octanol–water partition coefficient (Wildman–Crippen LogP) is 1.50. The standard InChI is InChI=1S/C10H14N2O4S2/c1-6(8(5-13)17-2)11-10(14)7-3-4-9(18-7)12(15)16/h3-4,6,8,13H,5H2,1-2H3,(H,11,14). The third-order valence-corrected chi connectivity index (χ3v) is 4.59. The Balaban J connectivity index is 2.67. The van der Waals surface area contributed by atoms with E-state index < -0.39 is 4.92 Å². The van der Waals surface area contributed by atoms with Gasteiger partial charge in [0.2, 0.25) is 0 Å². The molecule has 1 aromatic rings. The number of nitrogens with one attached hydrogen (secondary N) is 1. The maximum Gasteiger partial charge on any atom is 0.324 e. The van der Waals surface area contributed by atoms with Gasteiger partial charge in [-0.15, -0.1) is 0 Å². The molecule has 6 nitrogen and oxygen atoms in total. The first-order valence-electron chi connectivity index (χ1n) is 5.18. The Labute approximate surface area is 113 Å². The molecule has 100 valence electrons. The molecule has 18 heavy (non-hydrogen) atoms. The van der Waals surface area contributed by atoms with Crippen LogP contribution in [0.5, 0.6) is 0 Å². The summed E-state index contributed by atoms with van der Waals surface area (Å²) in [5.41, 5.74) is 0. The van der Waals surface area contributed by atoms with E-state index in [1.54, 1.807) is 6.92 Å². The summed E-state index contributed by atoms with van der Waals surface area (Å²) in [7, 11) is 0. The maximum absolute atomic E-state index is 11.8. The smallest absolute Gasteiger partial charge is 0.324 e. The van der Waals surface area contributed by atoms with Crippen molar-refractivity contribution in [2.45, 2.75) is 18.2 Å². The molecule has 2 N–H and O–H groups in total. The van der Waals surface area contributed by atoms with E-state index in [4.69, 9.17) is 5.11 Å². The van der Waals surface area contributed by atoms with Crippen molar-refractivity contribution in [3.63, 3.8) is 0 Å². The van der Waals surface area contributed by atoms with E-state index in [9.17, 15) is 14.9 Å². The average Bonchev–Trinajstić information content (AvgIpc) is 2.79. The molecule has 8 heteroatoms. The van der Waals surface area contributed by atoms with Gasteiger partial charge in [0, 0.05) is 17.4 Å². The van der Waals surface area contributed by atoms with Crippen molar-refractivity contribution in [1.82, 2.24) is 5.32 Å². The van der Waals surface area contributed by atoms with E-state index in [1.165, 1.54) is 23.9 Å². The van der Waals surface area contributed by atoms with Crippen LogP contribution >= 0.6 is 23.1 Å². The van der Waals surface area contributed by atoms with Gasteiger partial charge in [0.15, 0.2) is 0 Å². The van der Waals surface area contributed by atoms with E-state index in [2.05, 4.69) is 5.32 Å². The van der Waals surface area contributed by atoms with Gasteiger partial charge in [-0.3, -0.25) is 14.9 Å². The lowest BCUT2D eigenvalue weighted by atomic mass is 10.2. The third kappa shape index (κ3) is 3.69. The first-order chi connectivity index (χ1) is 8.49. The molecule has 0 bridgehead atoms. The Kier molecular flexibility index (Phi) is 5.57. The second-order valence-corrected chi connectivity index (χ2v) is 5.75. The molecular formula is C10H14N2O4S2. The van der Waals surface area contributed by atoms with Crippen molar-refractivity contribution in [2.24, 2.45) is 0 Å². The molecule has 1 aromatic heterocycles. The number of aliphatic hydroxyl groups excluding tert-OH is 1. The second kappa shape index (κ2) is 6.72. The molecule has 0 spiro atoms. The van der Waals surface area contributed by atoms with E-state index >= 15 is 0 Å². The van der Waals surface area contributed by atoms with E-state index in [0.29, 0.717) is 4.88 Å². The summed E-state index contributed by atoms with van der Waals surface area (Å²) in [6, 6.07) is 2.53. The van der Waals surface area contributed by atoms with Gasteiger partial charge in [0.1, 0.15) is 0 Å². The molecule has 0 aromatic carbocycles. The van der Waals surface area contributed by atoms with Crippen LogP contribution in [0.4, 0.5) is 5.00 Å². The monoisotopic (exact) mass is 290 g/mol. The quantitative estimate of drug-likeness (QED) is 0.612. The minimum Gasteiger partial charge on any atom is -0.395 e. The van der Waals surface area contributed by atoms with Gasteiger partial charge in [-0.2, -0.15) is 11.8 Å². The fourth-order valence-corrected chi connectivity index (χ4v) is 2.70.